The molecule has 3 N–H and O–H groups in total. The third kappa shape index (κ3) is 6.44. The molecule has 0 radical (unpaired) electrons. The highest BCUT2D eigenvalue weighted by Gasteiger charge is 2.38. The van der Waals surface area contributed by atoms with Gasteiger partial charge in [0, 0.05) is 35.8 Å². The first-order valence-electron chi connectivity index (χ1n) is 11.3. The van der Waals surface area contributed by atoms with Crippen molar-refractivity contribution in [2.75, 3.05) is 18.0 Å². The van der Waals surface area contributed by atoms with Crippen molar-refractivity contribution in [1.82, 2.24) is 0 Å². The molecule has 1 saturated heterocycles. The molecule has 2 aliphatic heterocycles. The molecule has 0 aromatic heterocycles. The molecule has 0 bridgehead atoms. The lowest BCUT2D eigenvalue weighted by Crippen LogP contribution is -2.50. The van der Waals surface area contributed by atoms with Gasteiger partial charge in [0.05, 0.1) is 11.5 Å². The summed E-state index contributed by atoms with van der Waals surface area (Å²) >= 11 is 0. The summed E-state index contributed by atoms with van der Waals surface area (Å²) in [6, 6.07) is 11.5. The van der Waals surface area contributed by atoms with Gasteiger partial charge in [-0.25, -0.2) is 0 Å². The van der Waals surface area contributed by atoms with Crippen molar-refractivity contribution in [2.45, 2.75) is 64.3 Å². The number of aliphatic carboxylic acids is 1. The number of carboxylic acids is 1. The number of benzene rings is 2. The van der Waals surface area contributed by atoms with Gasteiger partial charge in [0.25, 0.3) is 0 Å². The quantitative estimate of drug-likeness (QED) is 0.595. The van der Waals surface area contributed by atoms with Crippen LogP contribution < -0.4 is 15.4 Å². The van der Waals surface area contributed by atoms with Crippen LogP contribution in [0.4, 0.5) is 18.9 Å². The second-order valence-corrected chi connectivity index (χ2v) is 10.8. The maximum atomic E-state index is 13.1. The first kappa shape index (κ1) is 25.9. The number of hydrogen-bond acceptors (Lipinski definition) is 4. The molecule has 2 heterocycles. The van der Waals surface area contributed by atoms with Gasteiger partial charge in [-0.2, -0.15) is 13.2 Å². The fourth-order valence-corrected chi connectivity index (χ4v) is 4.11. The molecule has 0 saturated carbocycles. The van der Waals surface area contributed by atoms with Gasteiger partial charge in [0.2, 0.25) is 0 Å². The molecule has 2 aliphatic rings. The number of nitrogens with two attached hydrogens (primary N) is 1. The zero-order valence-corrected chi connectivity index (χ0v) is 20.2. The van der Waals surface area contributed by atoms with E-state index >= 15 is 0 Å². The third-order valence-electron chi connectivity index (χ3n) is 5.67. The van der Waals surface area contributed by atoms with Crippen LogP contribution in [0.3, 0.4) is 0 Å². The molecule has 0 spiro atoms. The van der Waals surface area contributed by atoms with E-state index in [0.717, 1.165) is 28.9 Å². The van der Waals surface area contributed by atoms with E-state index in [0.29, 0.717) is 19.5 Å². The van der Waals surface area contributed by atoms with Crippen LogP contribution in [-0.4, -0.2) is 35.3 Å². The second kappa shape index (κ2) is 9.13. The molecule has 0 aliphatic carbocycles. The molecule has 34 heavy (non-hydrogen) atoms. The number of hydrogen-bond donors (Lipinski definition) is 2. The lowest BCUT2D eigenvalue weighted by Gasteiger charge is -2.40. The van der Waals surface area contributed by atoms with E-state index in [1.54, 1.807) is 0 Å². The highest BCUT2D eigenvalue weighted by atomic mass is 19.4. The van der Waals surface area contributed by atoms with Crippen molar-refractivity contribution in [1.29, 1.82) is 0 Å². The molecule has 5 nitrogen and oxygen atoms in total. The largest absolute Gasteiger partial charge is 0.488 e. The van der Waals surface area contributed by atoms with Crippen LogP contribution in [0.1, 0.15) is 63.6 Å². The number of carbonyl (C=O) groups is 1. The fourth-order valence-electron chi connectivity index (χ4n) is 4.11. The first-order chi connectivity index (χ1) is 15.5. The smallest absolute Gasteiger partial charge is 0.416 e. The van der Waals surface area contributed by atoms with Crippen molar-refractivity contribution >= 4 is 11.7 Å². The van der Waals surface area contributed by atoms with Gasteiger partial charge < -0.3 is 20.5 Å². The van der Waals surface area contributed by atoms with Gasteiger partial charge in [-0.15, -0.1) is 0 Å². The molecule has 1 atom stereocenters. The van der Waals surface area contributed by atoms with Gasteiger partial charge in [-0.05, 0) is 70.9 Å². The predicted molar refractivity (Wildman–Crippen MR) is 126 cm³/mol. The monoisotopic (exact) mass is 478 g/mol. The molecular weight excluding hydrogens is 445 g/mol. The number of rotatable bonds is 3. The van der Waals surface area contributed by atoms with Gasteiger partial charge in [0.15, 0.2) is 0 Å². The first-order valence-corrected chi connectivity index (χ1v) is 11.3. The number of ether oxygens (including phenoxy) is 1. The van der Waals surface area contributed by atoms with Gasteiger partial charge in [0.1, 0.15) is 11.4 Å². The normalized spacial score (nSPS) is 19.8. The molecule has 8 heteroatoms. The molecule has 186 valence electrons. The minimum atomic E-state index is -4.42. The molecule has 4 rings (SSSR count). The Labute approximate surface area is 198 Å². The summed E-state index contributed by atoms with van der Waals surface area (Å²) in [5.41, 5.74) is 6.68. The Kier molecular flexibility index (Phi) is 6.95. The molecule has 1 fully saturated rings. The average molecular weight is 479 g/mol. The van der Waals surface area contributed by atoms with Crippen molar-refractivity contribution in [3.8, 4) is 5.75 Å². The maximum absolute atomic E-state index is 13.1. The number of halogens is 3. The average Bonchev–Trinajstić information content (AvgIpc) is 2.63. The second-order valence-electron chi connectivity index (χ2n) is 10.8. The van der Waals surface area contributed by atoms with Crippen LogP contribution in [0.2, 0.25) is 0 Å². The number of alkyl halides is 3. The van der Waals surface area contributed by atoms with Crippen LogP contribution in [-0.2, 0) is 11.0 Å². The summed E-state index contributed by atoms with van der Waals surface area (Å²) in [6.07, 6.45) is -3.79. The number of carboxylic acid groups (broad SMARTS) is 1. The Hall–Kier alpha value is -2.74. The summed E-state index contributed by atoms with van der Waals surface area (Å²) in [6.45, 7) is 10.6. The minimum absolute atomic E-state index is 0. The standard InChI is InChI=1S/C22H22F3NO3.C4H11N/c1-21(2)10-18(17-7-6-15(22(23,24)25)9-19(17)29-21)13-4-3-5-16(8-13)26-11-14(12-26)20(27)28;1-4(2,3)5/h3-9,14,18H,10-12H2,1-2H3,(H,27,28);5H2,1-3H3. The lowest BCUT2D eigenvalue weighted by molar-refractivity contribution is -0.142. The van der Waals surface area contributed by atoms with Crippen LogP contribution in [0.25, 0.3) is 0 Å². The van der Waals surface area contributed by atoms with Gasteiger partial charge in [-0.1, -0.05) is 18.2 Å². The SMILES string of the molecule is CC(C)(C)N.CC1(C)CC(c2cccc(N3CC(C(=O)O)C3)c2)c2ccc(C(F)(F)F)cc2O1. The Morgan fingerprint density at radius 3 is 2.29 bits per heavy atom. The van der Waals surface area contributed by atoms with E-state index in [9.17, 15) is 18.0 Å². The Morgan fingerprint density at radius 1 is 1.12 bits per heavy atom. The van der Waals surface area contributed by atoms with Crippen molar-refractivity contribution < 1.29 is 27.8 Å². The van der Waals surface area contributed by atoms with Gasteiger partial charge in [-0.3, -0.25) is 4.79 Å². The van der Waals surface area contributed by atoms with E-state index < -0.39 is 23.3 Å². The summed E-state index contributed by atoms with van der Waals surface area (Å²) in [5.74, 6) is -0.992. The van der Waals surface area contributed by atoms with Crippen LogP contribution >= 0.6 is 0 Å². The molecular formula is C26H33F3N2O3. The Bertz CT molecular complexity index is 1030. The van der Waals surface area contributed by atoms with Gasteiger partial charge >= 0.3 is 12.1 Å². The Morgan fingerprint density at radius 2 is 1.74 bits per heavy atom. The minimum Gasteiger partial charge on any atom is -0.488 e. The Balaban J connectivity index is 0.000000588. The maximum Gasteiger partial charge on any atom is 0.416 e. The summed E-state index contributed by atoms with van der Waals surface area (Å²) in [5, 5.41) is 9.08. The molecule has 2 aromatic carbocycles. The van der Waals surface area contributed by atoms with Crippen molar-refractivity contribution in [3.63, 3.8) is 0 Å². The highest BCUT2D eigenvalue weighted by Crippen LogP contribution is 2.46. The molecule has 2 aromatic rings. The van der Waals surface area contributed by atoms with Crippen LogP contribution in [0, 0.1) is 5.92 Å². The third-order valence-corrected chi connectivity index (χ3v) is 5.67. The number of fused-ring (bicyclic) bond motifs is 1. The number of nitrogens with zero attached hydrogens (tertiary/aromatic N) is 1. The summed E-state index contributed by atoms with van der Waals surface area (Å²) in [7, 11) is 0. The molecule has 1 unspecified atom stereocenters. The van der Waals surface area contributed by atoms with Crippen molar-refractivity contribution in [3.05, 3.63) is 59.2 Å². The summed E-state index contributed by atoms with van der Waals surface area (Å²) < 4.78 is 45.3. The topological polar surface area (TPSA) is 75.8 Å². The zero-order chi connectivity index (χ0) is 25.5. The molecule has 0 amide bonds. The van der Waals surface area contributed by atoms with E-state index in [4.69, 9.17) is 15.6 Å². The zero-order valence-electron chi connectivity index (χ0n) is 20.2. The van der Waals surface area contributed by atoms with Crippen LogP contribution in [0.15, 0.2) is 42.5 Å². The van der Waals surface area contributed by atoms with E-state index in [2.05, 4.69) is 0 Å². The van der Waals surface area contributed by atoms with E-state index in [-0.39, 0.29) is 23.1 Å². The highest BCUT2D eigenvalue weighted by molar-refractivity contribution is 5.74. The van der Waals surface area contributed by atoms with E-state index in [1.165, 1.54) is 6.07 Å². The fraction of sp³-hybridized carbons (Fsp3) is 0.500. The van der Waals surface area contributed by atoms with Crippen LogP contribution in [0.5, 0.6) is 5.75 Å². The lowest BCUT2D eigenvalue weighted by atomic mass is 9.79. The number of anilines is 1. The predicted octanol–water partition coefficient (Wildman–Crippen LogP) is 5.66. The van der Waals surface area contributed by atoms with Crippen molar-refractivity contribution in [2.24, 2.45) is 11.7 Å². The summed E-state index contributed by atoms with van der Waals surface area (Å²) in [4.78, 5) is 13.1. The van der Waals surface area contributed by atoms with E-state index in [1.807, 2.05) is 63.8 Å².